The van der Waals surface area contributed by atoms with Crippen molar-refractivity contribution in [3.05, 3.63) is 0 Å². The summed E-state index contributed by atoms with van der Waals surface area (Å²) in [5, 5.41) is 2.98. The highest BCUT2D eigenvalue weighted by molar-refractivity contribution is 7.88. The third-order valence-electron chi connectivity index (χ3n) is 4.79. The number of hydrogen-bond acceptors (Lipinski definition) is 4. The van der Waals surface area contributed by atoms with E-state index >= 15 is 0 Å². The van der Waals surface area contributed by atoms with Crippen molar-refractivity contribution in [3.63, 3.8) is 0 Å². The molecule has 0 spiro atoms. The van der Waals surface area contributed by atoms with E-state index in [4.69, 9.17) is 0 Å². The van der Waals surface area contributed by atoms with E-state index in [0.717, 1.165) is 12.8 Å². The Morgan fingerprint density at radius 3 is 2.36 bits per heavy atom. The first-order chi connectivity index (χ1) is 10.3. The summed E-state index contributed by atoms with van der Waals surface area (Å²) in [6.45, 7) is 1.42. The molecule has 1 atom stereocenters. The van der Waals surface area contributed by atoms with Crippen molar-refractivity contribution >= 4 is 21.8 Å². The molecule has 22 heavy (non-hydrogen) atoms. The van der Waals surface area contributed by atoms with Crippen molar-refractivity contribution < 1.29 is 18.0 Å². The van der Waals surface area contributed by atoms with E-state index in [1.807, 2.05) is 4.90 Å². The van der Waals surface area contributed by atoms with Crippen molar-refractivity contribution in [2.45, 2.75) is 44.2 Å². The summed E-state index contributed by atoms with van der Waals surface area (Å²) in [5.41, 5.74) is 0. The summed E-state index contributed by atoms with van der Waals surface area (Å²) < 4.78 is 24.4. The topological polar surface area (TPSA) is 86.8 Å². The molecule has 1 unspecified atom stereocenters. The molecular weight excluding hydrogens is 306 g/mol. The first-order valence-corrected chi connectivity index (χ1v) is 9.74. The fourth-order valence-corrected chi connectivity index (χ4v) is 4.21. The molecule has 0 aromatic carbocycles. The average molecular weight is 329 g/mol. The normalized spacial score (nSPS) is 28.1. The fourth-order valence-electron chi connectivity index (χ4n) is 3.34. The van der Waals surface area contributed by atoms with Crippen LogP contribution in [0.3, 0.4) is 0 Å². The summed E-state index contributed by atoms with van der Waals surface area (Å²) in [4.78, 5) is 26.1. The Hall–Kier alpha value is -1.15. The largest absolute Gasteiger partial charge is 0.351 e. The van der Waals surface area contributed by atoms with Crippen molar-refractivity contribution in [1.82, 2.24) is 14.5 Å². The monoisotopic (exact) mass is 329 g/mol. The standard InChI is InChI=1S/C14H23N3O4S/c1-22(20,21)16-6-4-10(5-7-16)14(19)15-11-8-13(18)17(9-11)12-2-3-12/h10-12H,2-9H2,1H3,(H,15,19). The number of rotatable bonds is 4. The molecule has 3 rings (SSSR count). The van der Waals surface area contributed by atoms with Gasteiger partial charge in [-0.25, -0.2) is 12.7 Å². The molecule has 8 heteroatoms. The Labute approximate surface area is 131 Å². The molecule has 0 aromatic rings. The summed E-state index contributed by atoms with van der Waals surface area (Å²) in [6.07, 6.45) is 4.85. The number of sulfonamides is 1. The van der Waals surface area contributed by atoms with Crippen LogP contribution in [0.1, 0.15) is 32.1 Å². The molecule has 124 valence electrons. The Bertz CT molecular complexity index is 565. The molecule has 3 fully saturated rings. The minimum Gasteiger partial charge on any atom is -0.351 e. The lowest BCUT2D eigenvalue weighted by atomic mass is 9.97. The number of piperidine rings is 1. The van der Waals surface area contributed by atoms with Gasteiger partial charge >= 0.3 is 0 Å². The molecule has 0 aromatic heterocycles. The van der Waals surface area contributed by atoms with Gasteiger partial charge in [-0.2, -0.15) is 0 Å². The van der Waals surface area contributed by atoms with E-state index in [2.05, 4.69) is 5.32 Å². The quantitative estimate of drug-likeness (QED) is 0.756. The van der Waals surface area contributed by atoms with Gasteiger partial charge in [0.2, 0.25) is 21.8 Å². The Morgan fingerprint density at radius 1 is 1.18 bits per heavy atom. The maximum atomic E-state index is 12.3. The summed E-state index contributed by atoms with van der Waals surface area (Å²) >= 11 is 0. The van der Waals surface area contributed by atoms with Gasteiger partial charge in [-0.05, 0) is 25.7 Å². The van der Waals surface area contributed by atoms with Crippen LogP contribution >= 0.6 is 0 Å². The van der Waals surface area contributed by atoms with Crippen LogP contribution in [0.25, 0.3) is 0 Å². The van der Waals surface area contributed by atoms with Crippen LogP contribution in [0.15, 0.2) is 0 Å². The van der Waals surface area contributed by atoms with Gasteiger partial charge in [0.1, 0.15) is 0 Å². The van der Waals surface area contributed by atoms with Gasteiger partial charge in [-0.1, -0.05) is 0 Å². The van der Waals surface area contributed by atoms with Gasteiger partial charge in [0.05, 0.1) is 12.3 Å². The van der Waals surface area contributed by atoms with Crippen LogP contribution in [-0.4, -0.2) is 67.4 Å². The van der Waals surface area contributed by atoms with Crippen LogP contribution < -0.4 is 5.32 Å². The van der Waals surface area contributed by atoms with E-state index in [9.17, 15) is 18.0 Å². The van der Waals surface area contributed by atoms with E-state index in [1.165, 1.54) is 10.6 Å². The highest BCUT2D eigenvalue weighted by Crippen LogP contribution is 2.30. The first-order valence-electron chi connectivity index (χ1n) is 7.89. The molecule has 3 aliphatic rings. The Kier molecular flexibility index (Phi) is 4.15. The molecule has 1 N–H and O–H groups in total. The SMILES string of the molecule is CS(=O)(=O)N1CCC(C(=O)NC2CC(=O)N(C3CC3)C2)CC1. The molecule has 1 aliphatic carbocycles. The second-order valence-corrected chi connectivity index (χ2v) is 8.61. The lowest BCUT2D eigenvalue weighted by Gasteiger charge is -2.30. The summed E-state index contributed by atoms with van der Waals surface area (Å²) in [7, 11) is -3.16. The van der Waals surface area contributed by atoms with Gasteiger partial charge in [0.25, 0.3) is 0 Å². The molecule has 2 heterocycles. The van der Waals surface area contributed by atoms with Crippen LogP contribution in [0.4, 0.5) is 0 Å². The van der Waals surface area contributed by atoms with Crippen LogP contribution in [-0.2, 0) is 19.6 Å². The first kappa shape index (κ1) is 15.7. The van der Waals surface area contributed by atoms with Gasteiger partial charge in [-0.15, -0.1) is 0 Å². The summed E-state index contributed by atoms with van der Waals surface area (Å²) in [5.74, 6) is -0.0497. The number of amides is 2. The zero-order valence-corrected chi connectivity index (χ0v) is 13.6. The number of likely N-dealkylation sites (tertiary alicyclic amines) is 1. The molecular formula is C14H23N3O4S. The molecule has 1 saturated carbocycles. The third-order valence-corrected chi connectivity index (χ3v) is 6.09. The van der Waals surface area contributed by atoms with Crippen LogP contribution in [0, 0.1) is 5.92 Å². The third kappa shape index (κ3) is 3.43. The lowest BCUT2D eigenvalue weighted by Crippen LogP contribution is -2.45. The van der Waals surface area contributed by atoms with Crippen molar-refractivity contribution in [2.75, 3.05) is 25.9 Å². The zero-order chi connectivity index (χ0) is 15.9. The van der Waals surface area contributed by atoms with Gasteiger partial charge in [-0.3, -0.25) is 9.59 Å². The molecule has 0 radical (unpaired) electrons. The smallest absolute Gasteiger partial charge is 0.225 e. The van der Waals surface area contributed by atoms with Crippen molar-refractivity contribution in [1.29, 1.82) is 0 Å². The molecule has 2 amide bonds. The Morgan fingerprint density at radius 2 is 1.82 bits per heavy atom. The number of hydrogen-bond donors (Lipinski definition) is 1. The highest BCUT2D eigenvalue weighted by atomic mass is 32.2. The van der Waals surface area contributed by atoms with E-state index in [-0.39, 0.29) is 23.8 Å². The zero-order valence-electron chi connectivity index (χ0n) is 12.8. The highest BCUT2D eigenvalue weighted by Gasteiger charge is 2.40. The van der Waals surface area contributed by atoms with Gasteiger partial charge in [0, 0.05) is 38.0 Å². The summed E-state index contributed by atoms with van der Waals surface area (Å²) in [6, 6.07) is 0.306. The van der Waals surface area contributed by atoms with Crippen LogP contribution in [0.5, 0.6) is 0 Å². The second kappa shape index (κ2) is 5.81. The predicted molar refractivity (Wildman–Crippen MR) is 80.4 cm³/mol. The van der Waals surface area contributed by atoms with Gasteiger partial charge < -0.3 is 10.2 Å². The maximum absolute atomic E-state index is 12.3. The van der Waals surface area contributed by atoms with E-state index in [1.54, 1.807) is 0 Å². The number of carbonyl (C=O) groups is 2. The average Bonchev–Trinajstić information content (AvgIpc) is 3.22. The minimum absolute atomic E-state index is 0.0383. The van der Waals surface area contributed by atoms with E-state index in [0.29, 0.717) is 44.9 Å². The molecule has 0 bridgehead atoms. The number of nitrogens with zero attached hydrogens (tertiary/aromatic N) is 2. The second-order valence-electron chi connectivity index (χ2n) is 6.62. The number of nitrogens with one attached hydrogen (secondary N) is 1. The predicted octanol–water partition coefficient (Wildman–Crippen LogP) is -0.462. The minimum atomic E-state index is -3.16. The lowest BCUT2D eigenvalue weighted by molar-refractivity contribution is -0.128. The molecule has 7 nitrogen and oxygen atoms in total. The van der Waals surface area contributed by atoms with Gasteiger partial charge in [0.15, 0.2) is 0 Å². The molecule has 2 aliphatic heterocycles. The maximum Gasteiger partial charge on any atom is 0.225 e. The Balaban J connectivity index is 1.48. The van der Waals surface area contributed by atoms with Crippen LogP contribution in [0.2, 0.25) is 0 Å². The number of carbonyl (C=O) groups excluding carboxylic acids is 2. The van der Waals surface area contributed by atoms with Crippen molar-refractivity contribution in [3.8, 4) is 0 Å². The molecule has 2 saturated heterocycles. The van der Waals surface area contributed by atoms with E-state index < -0.39 is 10.0 Å². The van der Waals surface area contributed by atoms with Crippen molar-refractivity contribution in [2.24, 2.45) is 5.92 Å². The fraction of sp³-hybridized carbons (Fsp3) is 0.857.